The summed E-state index contributed by atoms with van der Waals surface area (Å²) < 4.78 is 13.7. The first-order chi connectivity index (χ1) is 13.5. The van der Waals surface area contributed by atoms with Crippen LogP contribution >= 0.6 is 0 Å². The molecule has 0 aliphatic heterocycles. The number of aromatic amines is 1. The predicted molar refractivity (Wildman–Crippen MR) is 103 cm³/mol. The number of aromatic nitrogens is 2. The number of fused-ring (bicyclic) bond motifs is 1. The van der Waals surface area contributed by atoms with Gasteiger partial charge in [0, 0.05) is 23.3 Å². The van der Waals surface area contributed by atoms with Gasteiger partial charge >= 0.3 is 0 Å². The number of hydrogen-bond donors (Lipinski definition) is 2. The number of H-pyrrole nitrogens is 1. The lowest BCUT2D eigenvalue weighted by Gasteiger charge is -2.06. The van der Waals surface area contributed by atoms with E-state index in [2.05, 4.69) is 15.3 Å². The van der Waals surface area contributed by atoms with Gasteiger partial charge in [-0.25, -0.2) is 9.37 Å². The normalized spacial score (nSPS) is 10.8. The second kappa shape index (κ2) is 6.92. The van der Waals surface area contributed by atoms with E-state index >= 15 is 0 Å². The maximum absolute atomic E-state index is 13.7. The van der Waals surface area contributed by atoms with Crippen molar-refractivity contribution in [2.75, 3.05) is 5.32 Å². The molecule has 1 amide bonds. The number of rotatable bonds is 4. The summed E-state index contributed by atoms with van der Waals surface area (Å²) in [6.07, 6.45) is 0. The van der Waals surface area contributed by atoms with Crippen molar-refractivity contribution in [2.24, 2.45) is 0 Å². The summed E-state index contributed by atoms with van der Waals surface area (Å²) in [4.78, 5) is 30.2. The van der Waals surface area contributed by atoms with Gasteiger partial charge in [-0.1, -0.05) is 12.1 Å². The number of amides is 1. The first-order valence-electron chi connectivity index (χ1n) is 8.32. The Bertz CT molecular complexity index is 1200. The number of imidazole rings is 1. The number of carbonyl (C=O) groups is 1. The van der Waals surface area contributed by atoms with Gasteiger partial charge in [0.15, 0.2) is 0 Å². The Morgan fingerprint density at radius 1 is 1.07 bits per heavy atom. The zero-order valence-corrected chi connectivity index (χ0v) is 14.3. The summed E-state index contributed by atoms with van der Waals surface area (Å²) in [7, 11) is 0. The summed E-state index contributed by atoms with van der Waals surface area (Å²) >= 11 is 0. The molecule has 0 fully saturated rings. The maximum Gasteiger partial charge on any atom is 0.269 e. The highest BCUT2D eigenvalue weighted by molar-refractivity contribution is 6.06. The molecule has 138 valence electrons. The molecule has 28 heavy (non-hydrogen) atoms. The van der Waals surface area contributed by atoms with Crippen LogP contribution in [0.3, 0.4) is 0 Å². The molecule has 0 bridgehead atoms. The number of nitrogens with one attached hydrogen (secondary N) is 2. The van der Waals surface area contributed by atoms with Crippen molar-refractivity contribution in [3.63, 3.8) is 0 Å². The van der Waals surface area contributed by atoms with Gasteiger partial charge in [-0.2, -0.15) is 0 Å². The van der Waals surface area contributed by atoms with Crippen LogP contribution in [0.4, 0.5) is 15.8 Å². The van der Waals surface area contributed by atoms with Crippen LogP contribution in [0.5, 0.6) is 0 Å². The van der Waals surface area contributed by atoms with E-state index < -0.39 is 16.6 Å². The van der Waals surface area contributed by atoms with Crippen LogP contribution in [0, 0.1) is 15.9 Å². The number of non-ortho nitro benzene ring substituents is 1. The summed E-state index contributed by atoms with van der Waals surface area (Å²) in [6.45, 7) is 0. The third kappa shape index (κ3) is 3.30. The van der Waals surface area contributed by atoms with Gasteiger partial charge in [0.1, 0.15) is 11.6 Å². The monoisotopic (exact) mass is 376 g/mol. The minimum Gasteiger partial charge on any atom is -0.338 e. The first kappa shape index (κ1) is 17.3. The van der Waals surface area contributed by atoms with Gasteiger partial charge in [-0.05, 0) is 42.5 Å². The Morgan fingerprint density at radius 3 is 2.54 bits per heavy atom. The van der Waals surface area contributed by atoms with E-state index in [1.165, 1.54) is 24.3 Å². The van der Waals surface area contributed by atoms with Crippen molar-refractivity contribution < 1.29 is 14.1 Å². The number of anilines is 1. The highest BCUT2D eigenvalue weighted by atomic mass is 19.1. The minimum atomic E-state index is -0.515. The van der Waals surface area contributed by atoms with E-state index in [0.29, 0.717) is 28.0 Å². The van der Waals surface area contributed by atoms with Gasteiger partial charge < -0.3 is 10.3 Å². The zero-order chi connectivity index (χ0) is 19.7. The lowest BCUT2D eigenvalue weighted by atomic mass is 10.2. The average molecular weight is 376 g/mol. The van der Waals surface area contributed by atoms with Gasteiger partial charge in [-0.3, -0.25) is 14.9 Å². The molecule has 0 unspecified atom stereocenters. The molecular formula is C20H13FN4O3. The van der Waals surface area contributed by atoms with Gasteiger partial charge in [0.25, 0.3) is 11.6 Å². The molecule has 7 nitrogen and oxygen atoms in total. The fourth-order valence-corrected chi connectivity index (χ4v) is 2.79. The molecule has 0 aliphatic rings. The molecule has 0 aliphatic carbocycles. The van der Waals surface area contributed by atoms with Gasteiger partial charge in [0.05, 0.1) is 21.6 Å². The van der Waals surface area contributed by atoms with E-state index in [1.807, 2.05) is 0 Å². The third-order valence-corrected chi connectivity index (χ3v) is 4.22. The fourth-order valence-electron chi connectivity index (χ4n) is 2.79. The third-order valence-electron chi connectivity index (χ3n) is 4.22. The van der Waals surface area contributed by atoms with E-state index in [-0.39, 0.29) is 11.4 Å². The van der Waals surface area contributed by atoms with Crippen LogP contribution in [0.15, 0.2) is 66.7 Å². The van der Waals surface area contributed by atoms with Crippen LogP contribution in [-0.4, -0.2) is 20.8 Å². The number of para-hydroxylation sites is 1. The average Bonchev–Trinajstić information content (AvgIpc) is 3.13. The molecule has 0 saturated carbocycles. The number of halogens is 1. The summed E-state index contributed by atoms with van der Waals surface area (Å²) in [5, 5.41) is 13.3. The second-order valence-corrected chi connectivity index (χ2v) is 6.06. The number of nitro benzene ring substituents is 1. The van der Waals surface area contributed by atoms with Crippen molar-refractivity contribution in [1.29, 1.82) is 0 Å². The smallest absolute Gasteiger partial charge is 0.269 e. The lowest BCUT2D eigenvalue weighted by molar-refractivity contribution is -0.384. The lowest BCUT2D eigenvalue weighted by Crippen LogP contribution is -2.12. The number of carbonyl (C=O) groups excluding carboxylic acids is 1. The quantitative estimate of drug-likeness (QED) is 0.404. The molecular weight excluding hydrogens is 363 g/mol. The van der Waals surface area contributed by atoms with Crippen molar-refractivity contribution in [3.8, 4) is 11.4 Å². The molecule has 0 saturated heterocycles. The number of nitrogens with zero attached hydrogens (tertiary/aromatic N) is 2. The number of hydrogen-bond acceptors (Lipinski definition) is 4. The van der Waals surface area contributed by atoms with E-state index in [9.17, 15) is 19.3 Å². The SMILES string of the molecule is O=C(Nc1ccccc1F)c1ccc2nc(-c3ccc([N+](=O)[O-])cc3)[nH]c2c1. The second-order valence-electron chi connectivity index (χ2n) is 6.06. The Balaban J connectivity index is 1.62. The van der Waals surface area contributed by atoms with Crippen molar-refractivity contribution in [2.45, 2.75) is 0 Å². The Hall–Kier alpha value is -4.07. The molecule has 0 spiro atoms. The zero-order valence-electron chi connectivity index (χ0n) is 14.3. The number of nitro groups is 1. The first-order valence-corrected chi connectivity index (χ1v) is 8.32. The molecule has 1 heterocycles. The van der Waals surface area contributed by atoms with Crippen molar-refractivity contribution in [3.05, 3.63) is 88.2 Å². The predicted octanol–water partition coefficient (Wildman–Crippen LogP) is 4.53. The molecule has 4 aromatic rings. The van der Waals surface area contributed by atoms with Gasteiger partial charge in [0.2, 0.25) is 0 Å². The number of benzene rings is 3. The Morgan fingerprint density at radius 2 is 1.82 bits per heavy atom. The van der Waals surface area contributed by atoms with Crippen LogP contribution in [0.25, 0.3) is 22.4 Å². The molecule has 3 aromatic carbocycles. The standard InChI is InChI=1S/C20H13FN4O3/c21-15-3-1-2-4-16(15)24-20(26)13-7-10-17-18(11-13)23-19(22-17)12-5-8-14(9-6-12)25(27)28/h1-11H,(H,22,23)(H,24,26). The van der Waals surface area contributed by atoms with E-state index in [4.69, 9.17) is 0 Å². The summed E-state index contributed by atoms with van der Waals surface area (Å²) in [5.41, 5.74) is 2.37. The molecule has 0 atom stereocenters. The van der Waals surface area contributed by atoms with Crippen molar-refractivity contribution >= 4 is 28.3 Å². The largest absolute Gasteiger partial charge is 0.338 e. The molecule has 4 rings (SSSR count). The maximum atomic E-state index is 13.7. The Kier molecular flexibility index (Phi) is 4.29. The van der Waals surface area contributed by atoms with Crippen LogP contribution in [0.2, 0.25) is 0 Å². The molecule has 8 heteroatoms. The highest BCUT2D eigenvalue weighted by Gasteiger charge is 2.13. The van der Waals surface area contributed by atoms with Gasteiger partial charge in [-0.15, -0.1) is 0 Å². The molecule has 1 aromatic heterocycles. The fraction of sp³-hybridized carbons (Fsp3) is 0. The van der Waals surface area contributed by atoms with E-state index in [1.54, 1.807) is 42.5 Å². The van der Waals surface area contributed by atoms with Crippen LogP contribution in [0.1, 0.15) is 10.4 Å². The van der Waals surface area contributed by atoms with Crippen LogP contribution < -0.4 is 5.32 Å². The minimum absolute atomic E-state index is 0.00744. The van der Waals surface area contributed by atoms with Crippen LogP contribution in [-0.2, 0) is 0 Å². The van der Waals surface area contributed by atoms with E-state index in [0.717, 1.165) is 0 Å². The topological polar surface area (TPSA) is 101 Å². The van der Waals surface area contributed by atoms with Crippen molar-refractivity contribution in [1.82, 2.24) is 9.97 Å². The summed E-state index contributed by atoms with van der Waals surface area (Å²) in [6, 6.07) is 16.8. The Labute approximate surface area is 158 Å². The molecule has 2 N–H and O–H groups in total. The highest BCUT2D eigenvalue weighted by Crippen LogP contribution is 2.24. The summed E-state index contributed by atoms with van der Waals surface area (Å²) in [5.74, 6) is -0.436. The molecule has 0 radical (unpaired) electrons.